The Labute approximate surface area is 286 Å². The van der Waals surface area contributed by atoms with Crippen molar-refractivity contribution in [2.24, 2.45) is 0 Å². The fraction of sp³-hybridized carbons (Fsp3) is 0.0714. The van der Waals surface area contributed by atoms with Crippen LogP contribution in [0.25, 0.3) is 28.3 Å². The van der Waals surface area contributed by atoms with E-state index < -0.39 is 21.3 Å². The van der Waals surface area contributed by atoms with Gasteiger partial charge in [0, 0.05) is 0 Å². The average Bonchev–Trinajstić information content (AvgIpc) is 3.59. The summed E-state index contributed by atoms with van der Waals surface area (Å²) in [6.45, 7) is 2.40. The van der Waals surface area contributed by atoms with Gasteiger partial charge in [-0.2, -0.15) is 0 Å². The molecule has 8 rings (SSSR count). The fourth-order valence-corrected chi connectivity index (χ4v) is 17.9. The van der Waals surface area contributed by atoms with E-state index in [1.807, 2.05) is 0 Å². The van der Waals surface area contributed by atoms with Crippen LogP contribution in [0.5, 0.6) is 0 Å². The molecule has 0 saturated heterocycles. The molecule has 0 spiro atoms. The van der Waals surface area contributed by atoms with Gasteiger partial charge in [-0.25, -0.2) is 0 Å². The van der Waals surface area contributed by atoms with E-state index in [0.29, 0.717) is 7.25 Å². The quantitative estimate of drug-likeness (QED) is 0.168. The molecule has 0 heterocycles. The second-order valence-corrected chi connectivity index (χ2v) is 18.0. The number of benzene rings is 6. The first-order valence-electron chi connectivity index (χ1n) is 15.2. The van der Waals surface area contributed by atoms with Crippen LogP contribution in [-0.4, -0.2) is 3.21 Å². The molecule has 3 heteroatoms. The molecular formula is C42H34Cl2Zr. The van der Waals surface area contributed by atoms with E-state index in [-0.39, 0.29) is 24.8 Å². The first-order chi connectivity index (χ1) is 21.3. The first kappa shape index (κ1) is 31.4. The summed E-state index contributed by atoms with van der Waals surface area (Å²) >= 11 is -2.82. The molecule has 0 amide bonds. The maximum absolute atomic E-state index is 2.82. The topological polar surface area (TPSA) is 0 Å². The van der Waals surface area contributed by atoms with Crippen LogP contribution in [0.3, 0.4) is 0 Å². The molecular weight excluding hydrogens is 667 g/mol. The van der Waals surface area contributed by atoms with Crippen molar-refractivity contribution in [1.29, 1.82) is 0 Å². The summed E-state index contributed by atoms with van der Waals surface area (Å²) in [5, 5.41) is 0. The van der Waals surface area contributed by atoms with Crippen LogP contribution >= 0.6 is 24.8 Å². The van der Waals surface area contributed by atoms with Crippen molar-refractivity contribution in [3.8, 4) is 22.3 Å². The third kappa shape index (κ3) is 5.46. The largest absolute Gasteiger partial charge is 0.147 e. The van der Waals surface area contributed by atoms with Crippen molar-refractivity contribution in [1.82, 2.24) is 0 Å². The molecule has 2 aliphatic carbocycles. The number of fused-ring (bicyclic) bond motifs is 4. The summed E-state index contributed by atoms with van der Waals surface area (Å²) in [4.78, 5) is 0. The zero-order valence-electron chi connectivity index (χ0n) is 25.1. The Morgan fingerprint density at radius 3 is 1.44 bits per heavy atom. The average molecular weight is 701 g/mol. The maximum Gasteiger partial charge on any atom is -0.147 e. The van der Waals surface area contributed by atoms with Gasteiger partial charge in [-0.1, -0.05) is 0 Å². The van der Waals surface area contributed by atoms with E-state index in [2.05, 4.69) is 171 Å². The Hall–Kier alpha value is -3.61. The second-order valence-electron chi connectivity index (χ2n) is 11.7. The minimum Gasteiger partial charge on any atom is -0.147 e. The van der Waals surface area contributed by atoms with E-state index >= 15 is 0 Å². The molecule has 6 aromatic rings. The van der Waals surface area contributed by atoms with E-state index in [1.165, 1.54) is 61.2 Å². The summed E-state index contributed by atoms with van der Waals surface area (Å²) in [6, 6.07) is 59.0. The minimum absolute atomic E-state index is 0. The summed E-state index contributed by atoms with van der Waals surface area (Å²) < 4.78 is 2.43. The van der Waals surface area contributed by atoms with Crippen LogP contribution in [0.2, 0.25) is 0 Å². The molecule has 6 aromatic carbocycles. The van der Waals surface area contributed by atoms with Crippen molar-refractivity contribution in [2.45, 2.75) is 14.2 Å². The summed E-state index contributed by atoms with van der Waals surface area (Å²) in [6.07, 6.45) is 2.52. The van der Waals surface area contributed by atoms with Crippen LogP contribution < -0.4 is 0 Å². The van der Waals surface area contributed by atoms with Gasteiger partial charge in [0.25, 0.3) is 0 Å². The zero-order chi connectivity index (χ0) is 28.8. The molecule has 2 aliphatic rings. The number of hydrogen-bond donors (Lipinski definition) is 0. The van der Waals surface area contributed by atoms with E-state index in [1.54, 1.807) is 3.21 Å². The third-order valence-electron chi connectivity index (χ3n) is 9.23. The second kappa shape index (κ2) is 13.4. The predicted octanol–water partition coefficient (Wildman–Crippen LogP) is 11.3. The number of halogens is 2. The van der Waals surface area contributed by atoms with Crippen molar-refractivity contribution < 1.29 is 21.3 Å². The molecule has 0 bridgehead atoms. The third-order valence-corrected chi connectivity index (χ3v) is 18.5. The van der Waals surface area contributed by atoms with Crippen LogP contribution in [-0.2, 0) is 21.3 Å². The summed E-state index contributed by atoms with van der Waals surface area (Å²) in [5.41, 5.74) is 15.7. The zero-order valence-corrected chi connectivity index (χ0v) is 29.2. The van der Waals surface area contributed by atoms with Crippen LogP contribution in [0.4, 0.5) is 0 Å². The van der Waals surface area contributed by atoms with Crippen molar-refractivity contribution >= 4 is 34.1 Å². The van der Waals surface area contributed by atoms with Crippen molar-refractivity contribution in [3.05, 3.63) is 197 Å². The van der Waals surface area contributed by atoms with Crippen molar-refractivity contribution in [2.75, 3.05) is 0 Å². The molecule has 0 saturated carbocycles. The molecule has 0 nitrogen and oxygen atoms in total. The van der Waals surface area contributed by atoms with Gasteiger partial charge in [0.15, 0.2) is 0 Å². The van der Waals surface area contributed by atoms with Gasteiger partial charge >= 0.3 is 264 Å². The molecule has 0 N–H and O–H groups in total. The van der Waals surface area contributed by atoms with E-state index in [4.69, 9.17) is 0 Å². The van der Waals surface area contributed by atoms with Crippen molar-refractivity contribution in [3.63, 3.8) is 0 Å². The monoisotopic (exact) mass is 698 g/mol. The molecule has 1 atom stereocenters. The number of rotatable bonds is 5. The Morgan fingerprint density at radius 2 is 0.889 bits per heavy atom. The van der Waals surface area contributed by atoms with Gasteiger partial charge in [-0.05, 0) is 0 Å². The normalized spacial score (nSPS) is 14.2. The number of hydrogen-bond acceptors (Lipinski definition) is 0. The molecule has 0 aliphatic heterocycles. The molecule has 0 fully saturated rings. The molecule has 220 valence electrons. The Kier molecular flexibility index (Phi) is 9.34. The van der Waals surface area contributed by atoms with Crippen LogP contribution in [0.15, 0.2) is 163 Å². The van der Waals surface area contributed by atoms with Crippen LogP contribution in [0, 0.1) is 0 Å². The molecule has 1 unspecified atom stereocenters. The van der Waals surface area contributed by atoms with E-state index in [9.17, 15) is 0 Å². The predicted molar refractivity (Wildman–Crippen MR) is 193 cm³/mol. The Morgan fingerprint density at radius 1 is 0.444 bits per heavy atom. The van der Waals surface area contributed by atoms with Gasteiger partial charge in [0.2, 0.25) is 0 Å². The number of allylic oxidation sites excluding steroid dienone is 1. The molecule has 0 radical (unpaired) electrons. The Bertz CT molecular complexity index is 1940. The Balaban J connectivity index is 0.00000179. The molecule has 45 heavy (non-hydrogen) atoms. The SMILES string of the molecule is CC1=Cc2c(-c3ccccc3)cccc2[CH]1[Zr](=[C](c1ccccc1)c1ccccc1)[CH]1c2ccccc2-c2ccccc21.Cl.Cl. The first-order valence-corrected chi connectivity index (χ1v) is 19.3. The van der Waals surface area contributed by atoms with Gasteiger partial charge in [0.1, 0.15) is 0 Å². The van der Waals surface area contributed by atoms with E-state index in [0.717, 1.165) is 0 Å². The minimum atomic E-state index is -2.82. The fourth-order valence-electron chi connectivity index (χ4n) is 7.49. The van der Waals surface area contributed by atoms with Gasteiger partial charge in [-0.3, -0.25) is 0 Å². The smallest absolute Gasteiger partial charge is 0.147 e. The summed E-state index contributed by atoms with van der Waals surface area (Å²) in [5.74, 6) is 0. The van der Waals surface area contributed by atoms with Gasteiger partial charge in [-0.15, -0.1) is 24.8 Å². The standard InChI is InChI=1S/C16H13.C13H9.C13H10.2ClH.Zr/c1-12-10-14-8-5-9-15(16(14)11-12)13-6-3-2-4-7-13;1-3-7-12-10(5-1)9-11-6-2-4-8-13(11)12;1-3-7-12(8-4-1)11-13-9-5-2-6-10-13;;;/h2-11H,1H3;1-9H;1-10H;2*1H;. The maximum atomic E-state index is 2.52. The van der Waals surface area contributed by atoms with Gasteiger partial charge in [0.05, 0.1) is 0 Å². The van der Waals surface area contributed by atoms with Gasteiger partial charge < -0.3 is 0 Å². The molecule has 0 aromatic heterocycles. The summed E-state index contributed by atoms with van der Waals surface area (Å²) in [7, 11) is 0. The van der Waals surface area contributed by atoms with Crippen LogP contribution in [0.1, 0.15) is 47.6 Å².